The fourth-order valence-electron chi connectivity index (χ4n) is 0.816. The number of carbonyl (C=O) groups is 1. The molecule has 1 amide bonds. The highest BCUT2D eigenvalue weighted by Gasteiger charge is 2.24. The van der Waals surface area contributed by atoms with Crippen LogP contribution in [0.4, 0.5) is 0 Å². The molecule has 0 saturated carbocycles. The quantitative estimate of drug-likeness (QED) is 0.559. The Hall–Kier alpha value is 0.170. The zero-order valence-electron chi connectivity index (χ0n) is 6.16. The molecule has 0 bridgehead atoms. The SMILES string of the molecule is CN(C)C(=O)C1CSSC1. The number of rotatable bonds is 1. The van der Waals surface area contributed by atoms with Gasteiger partial charge in [-0.2, -0.15) is 0 Å². The van der Waals surface area contributed by atoms with E-state index < -0.39 is 0 Å². The fraction of sp³-hybridized carbons (Fsp3) is 0.833. The van der Waals surface area contributed by atoms with Crippen molar-refractivity contribution in [1.29, 1.82) is 0 Å². The summed E-state index contributed by atoms with van der Waals surface area (Å²) < 4.78 is 0. The maximum atomic E-state index is 11.2. The highest BCUT2D eigenvalue weighted by molar-refractivity contribution is 8.77. The monoisotopic (exact) mass is 177 g/mol. The standard InChI is InChI=1S/C6H11NOS2/c1-7(2)6(8)5-3-9-10-4-5/h5H,3-4H2,1-2H3. The van der Waals surface area contributed by atoms with Crippen LogP contribution in [0.15, 0.2) is 0 Å². The minimum atomic E-state index is 0.269. The summed E-state index contributed by atoms with van der Waals surface area (Å²) in [6.07, 6.45) is 0. The molecule has 0 aromatic carbocycles. The van der Waals surface area contributed by atoms with E-state index in [0.717, 1.165) is 11.5 Å². The van der Waals surface area contributed by atoms with Crippen LogP contribution in [0.1, 0.15) is 0 Å². The minimum absolute atomic E-state index is 0.269. The third-order valence-corrected chi connectivity index (χ3v) is 3.97. The van der Waals surface area contributed by atoms with E-state index in [0.29, 0.717) is 0 Å². The van der Waals surface area contributed by atoms with E-state index in [2.05, 4.69) is 0 Å². The predicted octanol–water partition coefficient (Wildman–Crippen LogP) is 1.09. The van der Waals surface area contributed by atoms with Crippen molar-refractivity contribution >= 4 is 27.5 Å². The molecular weight excluding hydrogens is 166 g/mol. The van der Waals surface area contributed by atoms with Gasteiger partial charge in [-0.1, -0.05) is 21.6 Å². The van der Waals surface area contributed by atoms with Crippen molar-refractivity contribution in [3.63, 3.8) is 0 Å². The molecule has 0 atom stereocenters. The van der Waals surface area contributed by atoms with Crippen LogP contribution in [0.3, 0.4) is 0 Å². The molecule has 1 saturated heterocycles. The summed E-state index contributed by atoms with van der Waals surface area (Å²) in [6.45, 7) is 0. The van der Waals surface area contributed by atoms with Crippen molar-refractivity contribution in [2.24, 2.45) is 5.92 Å². The molecule has 0 aliphatic carbocycles. The lowest BCUT2D eigenvalue weighted by atomic mass is 10.2. The van der Waals surface area contributed by atoms with Gasteiger partial charge >= 0.3 is 0 Å². The van der Waals surface area contributed by atoms with Crippen LogP contribution in [0, 0.1) is 5.92 Å². The lowest BCUT2D eigenvalue weighted by molar-refractivity contribution is -0.131. The number of nitrogens with zero attached hydrogens (tertiary/aromatic N) is 1. The lowest BCUT2D eigenvalue weighted by Gasteiger charge is -2.13. The molecule has 2 nitrogen and oxygen atoms in total. The minimum Gasteiger partial charge on any atom is -0.349 e. The maximum absolute atomic E-state index is 11.2. The van der Waals surface area contributed by atoms with Crippen molar-refractivity contribution in [2.75, 3.05) is 25.6 Å². The number of hydrogen-bond donors (Lipinski definition) is 0. The van der Waals surface area contributed by atoms with Gasteiger partial charge in [0.1, 0.15) is 0 Å². The average Bonchev–Trinajstić information content (AvgIpc) is 2.36. The Morgan fingerprint density at radius 3 is 2.30 bits per heavy atom. The molecule has 1 fully saturated rings. The van der Waals surface area contributed by atoms with Gasteiger partial charge in [0.25, 0.3) is 0 Å². The molecule has 4 heteroatoms. The van der Waals surface area contributed by atoms with Gasteiger partial charge < -0.3 is 4.90 Å². The molecule has 1 rings (SSSR count). The summed E-state index contributed by atoms with van der Waals surface area (Å²) in [5.41, 5.74) is 0. The summed E-state index contributed by atoms with van der Waals surface area (Å²) in [7, 11) is 7.23. The van der Waals surface area contributed by atoms with E-state index in [1.54, 1.807) is 26.5 Å². The van der Waals surface area contributed by atoms with E-state index in [1.165, 1.54) is 0 Å². The third-order valence-electron chi connectivity index (χ3n) is 1.41. The topological polar surface area (TPSA) is 20.3 Å². The van der Waals surface area contributed by atoms with E-state index in [9.17, 15) is 4.79 Å². The van der Waals surface area contributed by atoms with Crippen LogP contribution in [0.5, 0.6) is 0 Å². The molecule has 1 heterocycles. The highest BCUT2D eigenvalue weighted by Crippen LogP contribution is 2.35. The van der Waals surface area contributed by atoms with Crippen LogP contribution < -0.4 is 0 Å². The van der Waals surface area contributed by atoms with E-state index >= 15 is 0 Å². The van der Waals surface area contributed by atoms with Crippen molar-refractivity contribution in [2.45, 2.75) is 0 Å². The molecule has 58 valence electrons. The second-order valence-corrected chi connectivity index (χ2v) is 5.05. The van der Waals surface area contributed by atoms with Gasteiger partial charge in [0.15, 0.2) is 0 Å². The van der Waals surface area contributed by atoms with Crippen LogP contribution in [-0.2, 0) is 4.79 Å². The van der Waals surface area contributed by atoms with Crippen LogP contribution >= 0.6 is 21.6 Å². The van der Waals surface area contributed by atoms with Gasteiger partial charge in [-0.15, -0.1) is 0 Å². The highest BCUT2D eigenvalue weighted by atomic mass is 33.1. The Morgan fingerprint density at radius 1 is 1.40 bits per heavy atom. The van der Waals surface area contributed by atoms with Gasteiger partial charge in [0.05, 0.1) is 5.92 Å². The first-order chi connectivity index (χ1) is 4.72. The van der Waals surface area contributed by atoms with E-state index in [-0.39, 0.29) is 11.8 Å². The Kier molecular flexibility index (Phi) is 2.92. The Bertz CT molecular complexity index is 132. The Morgan fingerprint density at radius 2 is 1.90 bits per heavy atom. The summed E-state index contributed by atoms with van der Waals surface area (Å²) >= 11 is 0. The number of amides is 1. The zero-order chi connectivity index (χ0) is 7.56. The molecule has 1 aliphatic rings. The number of hydrogen-bond acceptors (Lipinski definition) is 3. The van der Waals surface area contributed by atoms with E-state index in [1.807, 2.05) is 14.1 Å². The normalized spacial score (nSPS) is 19.4. The largest absolute Gasteiger partial charge is 0.349 e. The second kappa shape index (κ2) is 3.53. The van der Waals surface area contributed by atoms with Gasteiger partial charge in [-0.25, -0.2) is 0 Å². The van der Waals surface area contributed by atoms with Crippen molar-refractivity contribution < 1.29 is 4.79 Å². The third kappa shape index (κ3) is 1.83. The van der Waals surface area contributed by atoms with Crippen LogP contribution in [-0.4, -0.2) is 36.4 Å². The summed E-state index contributed by atoms with van der Waals surface area (Å²) in [6, 6.07) is 0. The smallest absolute Gasteiger partial charge is 0.226 e. The lowest BCUT2D eigenvalue weighted by Crippen LogP contribution is -2.30. The summed E-state index contributed by atoms with van der Waals surface area (Å²) in [5.74, 6) is 2.52. The van der Waals surface area contributed by atoms with Crippen molar-refractivity contribution in [1.82, 2.24) is 4.90 Å². The van der Waals surface area contributed by atoms with Crippen LogP contribution in [0.2, 0.25) is 0 Å². The summed E-state index contributed by atoms with van der Waals surface area (Å²) in [5, 5.41) is 0. The zero-order valence-corrected chi connectivity index (χ0v) is 7.80. The van der Waals surface area contributed by atoms with Gasteiger partial charge in [0.2, 0.25) is 5.91 Å². The molecule has 10 heavy (non-hydrogen) atoms. The molecule has 0 unspecified atom stereocenters. The van der Waals surface area contributed by atoms with E-state index in [4.69, 9.17) is 0 Å². The maximum Gasteiger partial charge on any atom is 0.226 e. The predicted molar refractivity (Wildman–Crippen MR) is 47.1 cm³/mol. The van der Waals surface area contributed by atoms with Crippen LogP contribution in [0.25, 0.3) is 0 Å². The first-order valence-electron chi connectivity index (χ1n) is 3.17. The molecule has 0 spiro atoms. The molecule has 0 aromatic rings. The average molecular weight is 177 g/mol. The second-order valence-electron chi connectivity index (χ2n) is 2.50. The molecule has 0 radical (unpaired) electrons. The first kappa shape index (κ1) is 8.27. The number of carbonyl (C=O) groups excluding carboxylic acids is 1. The van der Waals surface area contributed by atoms with Gasteiger partial charge in [-0.05, 0) is 0 Å². The van der Waals surface area contributed by atoms with Gasteiger partial charge in [0, 0.05) is 25.6 Å². The molecular formula is C6H11NOS2. The van der Waals surface area contributed by atoms with Crippen molar-refractivity contribution in [3.8, 4) is 0 Å². The Balaban J connectivity index is 2.40. The van der Waals surface area contributed by atoms with Gasteiger partial charge in [-0.3, -0.25) is 4.79 Å². The summed E-state index contributed by atoms with van der Waals surface area (Å²) in [4.78, 5) is 12.9. The fourth-order valence-corrected chi connectivity index (χ4v) is 3.57. The molecule has 1 aliphatic heterocycles. The Labute approximate surface area is 69.1 Å². The first-order valence-corrected chi connectivity index (χ1v) is 5.66. The van der Waals surface area contributed by atoms with Crippen molar-refractivity contribution in [3.05, 3.63) is 0 Å². The molecule has 0 aromatic heterocycles. The molecule has 0 N–H and O–H groups in total.